The van der Waals surface area contributed by atoms with Crippen molar-refractivity contribution in [2.45, 2.75) is 31.7 Å². The van der Waals surface area contributed by atoms with Crippen molar-refractivity contribution in [2.75, 3.05) is 0 Å². The van der Waals surface area contributed by atoms with Gasteiger partial charge in [-0.1, -0.05) is 12.2 Å². The van der Waals surface area contributed by atoms with Crippen molar-refractivity contribution >= 4 is 0 Å². The molecule has 1 atom stereocenters. The molecule has 1 radical (unpaired) electrons. The quantitative estimate of drug-likeness (QED) is 0.450. The molecule has 0 N–H and O–H groups in total. The summed E-state index contributed by atoms with van der Waals surface area (Å²) in [6, 6.07) is 0.554. The maximum atomic E-state index is 4.40. The first-order valence-corrected chi connectivity index (χ1v) is 4.01. The van der Waals surface area contributed by atoms with Gasteiger partial charge in [-0.15, -0.1) is 0 Å². The third-order valence-electron chi connectivity index (χ3n) is 2.24. The zero-order valence-corrected chi connectivity index (χ0v) is 6.09. The van der Waals surface area contributed by atoms with Crippen LogP contribution in [-0.2, 0) is 0 Å². The molecule has 0 aromatic carbocycles. The maximum Gasteiger partial charge on any atom is 0.0712 e. The SMILES string of the molecule is C1=C[N]C2CCCC=C2C1. The Bertz CT molecular complexity index is 179. The lowest BCUT2D eigenvalue weighted by Crippen LogP contribution is -2.25. The van der Waals surface area contributed by atoms with Crippen molar-refractivity contribution in [3.63, 3.8) is 0 Å². The largest absolute Gasteiger partial charge is 0.286 e. The van der Waals surface area contributed by atoms with Crippen molar-refractivity contribution in [3.05, 3.63) is 23.9 Å². The topological polar surface area (TPSA) is 14.1 Å². The molecule has 1 heteroatoms. The highest BCUT2D eigenvalue weighted by atomic mass is 14.9. The highest BCUT2D eigenvalue weighted by Crippen LogP contribution is 2.24. The molecular weight excluding hydrogens is 122 g/mol. The van der Waals surface area contributed by atoms with Gasteiger partial charge in [0.05, 0.1) is 6.04 Å². The first-order valence-electron chi connectivity index (χ1n) is 4.01. The van der Waals surface area contributed by atoms with Gasteiger partial charge in [-0.3, -0.25) is 5.32 Å². The van der Waals surface area contributed by atoms with Gasteiger partial charge in [0.25, 0.3) is 0 Å². The van der Waals surface area contributed by atoms with E-state index >= 15 is 0 Å². The van der Waals surface area contributed by atoms with Crippen LogP contribution in [0.4, 0.5) is 0 Å². The van der Waals surface area contributed by atoms with Gasteiger partial charge < -0.3 is 0 Å². The lowest BCUT2D eigenvalue weighted by atomic mass is 9.90. The standard InChI is InChI=1S/C9H12N/c1-2-6-9-8(4-1)5-3-7-10-9/h3-4,7,9H,1-2,5-6H2. The summed E-state index contributed by atoms with van der Waals surface area (Å²) in [5.74, 6) is 0. The minimum Gasteiger partial charge on any atom is -0.286 e. The van der Waals surface area contributed by atoms with E-state index in [4.69, 9.17) is 0 Å². The minimum absolute atomic E-state index is 0.554. The van der Waals surface area contributed by atoms with E-state index in [-0.39, 0.29) is 0 Å². The second kappa shape index (κ2) is 2.49. The molecule has 1 nitrogen and oxygen atoms in total. The minimum atomic E-state index is 0.554. The molecule has 0 fully saturated rings. The average Bonchev–Trinajstić information content (AvgIpc) is 2.05. The Morgan fingerprint density at radius 2 is 2.50 bits per heavy atom. The molecule has 1 aliphatic carbocycles. The molecular formula is C9H12N. The second-order valence-electron chi connectivity index (χ2n) is 2.96. The van der Waals surface area contributed by atoms with E-state index < -0.39 is 0 Å². The van der Waals surface area contributed by atoms with Gasteiger partial charge in [-0.2, -0.15) is 0 Å². The van der Waals surface area contributed by atoms with Crippen molar-refractivity contribution in [1.29, 1.82) is 0 Å². The van der Waals surface area contributed by atoms with Gasteiger partial charge in [0, 0.05) is 6.20 Å². The molecule has 0 spiro atoms. The monoisotopic (exact) mass is 134 g/mol. The molecule has 2 aliphatic rings. The smallest absolute Gasteiger partial charge is 0.0712 e. The van der Waals surface area contributed by atoms with Gasteiger partial charge >= 0.3 is 0 Å². The third kappa shape index (κ3) is 0.962. The molecule has 0 aromatic heterocycles. The number of allylic oxidation sites excluding steroid dienone is 2. The number of hydrogen-bond donors (Lipinski definition) is 0. The van der Waals surface area contributed by atoms with Crippen LogP contribution in [-0.4, -0.2) is 6.04 Å². The molecule has 1 unspecified atom stereocenters. The predicted molar refractivity (Wildman–Crippen MR) is 41.6 cm³/mol. The van der Waals surface area contributed by atoms with Gasteiger partial charge in [0.1, 0.15) is 0 Å². The fourth-order valence-electron chi connectivity index (χ4n) is 1.66. The summed E-state index contributed by atoms with van der Waals surface area (Å²) in [5, 5.41) is 4.40. The van der Waals surface area contributed by atoms with E-state index in [0.717, 1.165) is 6.42 Å². The van der Waals surface area contributed by atoms with Crippen LogP contribution in [0.2, 0.25) is 0 Å². The average molecular weight is 134 g/mol. The van der Waals surface area contributed by atoms with Crippen LogP contribution in [0.3, 0.4) is 0 Å². The Balaban J connectivity index is 2.17. The highest BCUT2D eigenvalue weighted by molar-refractivity contribution is 5.21. The van der Waals surface area contributed by atoms with Crippen molar-refractivity contribution in [3.8, 4) is 0 Å². The molecule has 53 valence electrons. The van der Waals surface area contributed by atoms with E-state index in [1.54, 1.807) is 5.57 Å². The first-order chi connectivity index (χ1) is 4.97. The molecule has 2 rings (SSSR count). The summed E-state index contributed by atoms with van der Waals surface area (Å²) in [6.07, 6.45) is 11.5. The lowest BCUT2D eigenvalue weighted by Gasteiger charge is -2.24. The van der Waals surface area contributed by atoms with Crippen molar-refractivity contribution in [1.82, 2.24) is 5.32 Å². The van der Waals surface area contributed by atoms with Crippen molar-refractivity contribution in [2.24, 2.45) is 0 Å². The zero-order chi connectivity index (χ0) is 6.81. The highest BCUT2D eigenvalue weighted by Gasteiger charge is 2.18. The summed E-state index contributed by atoms with van der Waals surface area (Å²) in [6.45, 7) is 0. The van der Waals surface area contributed by atoms with E-state index in [1.165, 1.54) is 19.3 Å². The summed E-state index contributed by atoms with van der Waals surface area (Å²) in [7, 11) is 0. The molecule has 0 saturated carbocycles. The Morgan fingerprint density at radius 1 is 1.50 bits per heavy atom. The lowest BCUT2D eigenvalue weighted by molar-refractivity contribution is 0.530. The van der Waals surface area contributed by atoms with E-state index in [9.17, 15) is 0 Å². The Morgan fingerprint density at radius 3 is 3.40 bits per heavy atom. The van der Waals surface area contributed by atoms with Crippen molar-refractivity contribution < 1.29 is 0 Å². The van der Waals surface area contributed by atoms with Crippen LogP contribution in [0.1, 0.15) is 25.7 Å². The van der Waals surface area contributed by atoms with Crippen LogP contribution in [0.25, 0.3) is 0 Å². The molecule has 0 amide bonds. The van der Waals surface area contributed by atoms with Crippen LogP contribution >= 0.6 is 0 Å². The van der Waals surface area contributed by atoms with Gasteiger partial charge in [-0.25, -0.2) is 0 Å². The Kier molecular flexibility index (Phi) is 1.50. The molecule has 1 heterocycles. The molecule has 0 aromatic rings. The normalized spacial score (nSPS) is 30.4. The number of fused-ring (bicyclic) bond motifs is 1. The van der Waals surface area contributed by atoms with Gasteiger partial charge in [0.2, 0.25) is 0 Å². The summed E-state index contributed by atoms with van der Waals surface area (Å²) >= 11 is 0. The third-order valence-corrected chi connectivity index (χ3v) is 2.24. The zero-order valence-electron chi connectivity index (χ0n) is 6.09. The Hall–Kier alpha value is -0.720. The summed E-state index contributed by atoms with van der Waals surface area (Å²) in [4.78, 5) is 0. The maximum absolute atomic E-state index is 4.40. The number of rotatable bonds is 0. The fourth-order valence-corrected chi connectivity index (χ4v) is 1.66. The molecule has 0 bridgehead atoms. The van der Waals surface area contributed by atoms with Gasteiger partial charge in [-0.05, 0) is 31.3 Å². The first kappa shape index (κ1) is 6.02. The number of nitrogens with zero attached hydrogens (tertiary/aromatic N) is 1. The summed E-state index contributed by atoms with van der Waals surface area (Å²) < 4.78 is 0. The molecule has 10 heavy (non-hydrogen) atoms. The van der Waals surface area contributed by atoms with Gasteiger partial charge in [0.15, 0.2) is 0 Å². The molecule has 1 aliphatic heterocycles. The predicted octanol–water partition coefficient (Wildman–Crippen LogP) is 1.99. The van der Waals surface area contributed by atoms with E-state index in [1.807, 2.05) is 6.20 Å². The summed E-state index contributed by atoms with van der Waals surface area (Å²) in [5.41, 5.74) is 1.55. The van der Waals surface area contributed by atoms with Crippen LogP contribution in [0, 0.1) is 0 Å². The fraction of sp³-hybridized carbons (Fsp3) is 0.556. The van der Waals surface area contributed by atoms with Crippen LogP contribution in [0.5, 0.6) is 0 Å². The van der Waals surface area contributed by atoms with E-state index in [2.05, 4.69) is 17.5 Å². The van der Waals surface area contributed by atoms with E-state index in [0.29, 0.717) is 6.04 Å². The van der Waals surface area contributed by atoms with Crippen LogP contribution in [0.15, 0.2) is 23.9 Å². The molecule has 0 saturated heterocycles. The van der Waals surface area contributed by atoms with Crippen LogP contribution < -0.4 is 5.32 Å². The second-order valence-corrected chi connectivity index (χ2v) is 2.96. The Labute approximate surface area is 61.8 Å². The number of hydrogen-bond acceptors (Lipinski definition) is 0.